The molecule has 0 atom stereocenters. The average molecular weight is 1900 g/mol. The Morgan fingerprint density at radius 3 is 0.605 bits per heavy atom. The van der Waals surface area contributed by atoms with Crippen molar-refractivity contribution in [3.05, 3.63) is 455 Å². The predicted octanol–water partition coefficient (Wildman–Crippen LogP) is 36.4. The number of aromatic nitrogens is 6. The Hall–Kier alpha value is -19.4. The van der Waals surface area contributed by atoms with Gasteiger partial charge < -0.3 is 68.6 Å². The van der Waals surface area contributed by atoms with E-state index in [1.54, 1.807) is 0 Å². The monoisotopic (exact) mass is 1900 g/mol. The highest BCUT2D eigenvalue weighted by Crippen LogP contribution is 2.50. The molecule has 30 aromatic rings. The van der Waals surface area contributed by atoms with Crippen LogP contribution < -0.4 is 14.7 Å². The summed E-state index contributed by atoms with van der Waals surface area (Å²) in [5.74, 6) is 5.08. The fraction of sp³-hybridized carbons (Fsp3) is 0.0455. The summed E-state index contributed by atoms with van der Waals surface area (Å²) in [6.45, 7) is 0. The number of aryl methyl sites for hydroxylation is 6. The van der Waals surface area contributed by atoms with E-state index in [0.29, 0.717) is 0 Å². The molecule has 0 aliphatic carbocycles. The van der Waals surface area contributed by atoms with Crippen molar-refractivity contribution in [3.8, 4) is 67.9 Å². The lowest BCUT2D eigenvalue weighted by Crippen LogP contribution is -2.10. The Labute approximate surface area is 843 Å². The van der Waals surface area contributed by atoms with E-state index in [0.717, 1.165) is 185 Å². The SMILES string of the molecule is Cn1c2ccccc2c2c1c1ccc(N(c3ccc4c(c3)n(C)c3c5ccccc5n(C)c43)c3ccc4c(c3)n(C)c3c5ccccc5n(C)c43)cc1n2C.c1ccc(-c2cc3ccc(N(c4ccc5cc(-c6ccccc6)oc5c4)c4ccc5cc(-c6ccccc6)oc5c4)cc3o2)cc1.c1ccc2oc(-c3ccc(N(c4ccc(-c5cc6ccccc6o5)cc4)c4ccc(-c5cc6ccccc6o5)cc4)cc3)cc2c1. The molecule has 147 heavy (non-hydrogen) atoms. The molecule has 30 rings (SSSR count). The molecule has 0 saturated heterocycles. The van der Waals surface area contributed by atoms with Crippen LogP contribution in [0.3, 0.4) is 0 Å². The lowest BCUT2D eigenvalue weighted by molar-refractivity contribution is 0.631. The molecule has 0 radical (unpaired) electrons. The number of anilines is 9. The van der Waals surface area contributed by atoms with Crippen LogP contribution in [-0.2, 0) is 42.3 Å². The van der Waals surface area contributed by atoms with E-state index in [9.17, 15) is 0 Å². The van der Waals surface area contributed by atoms with Crippen molar-refractivity contribution in [1.29, 1.82) is 0 Å². The topological polar surface area (TPSA) is 118 Å². The van der Waals surface area contributed by atoms with Crippen LogP contribution in [0, 0.1) is 0 Å². The van der Waals surface area contributed by atoms with Crippen molar-refractivity contribution in [3.63, 3.8) is 0 Å². The molecule has 0 aliphatic heterocycles. The molecule has 12 aromatic heterocycles. The molecule has 0 bridgehead atoms. The molecule has 0 fully saturated rings. The summed E-state index contributed by atoms with van der Waals surface area (Å²) in [6.07, 6.45) is 0. The van der Waals surface area contributed by atoms with Crippen LogP contribution in [0.25, 0.3) is 232 Å². The van der Waals surface area contributed by atoms with E-state index in [-0.39, 0.29) is 0 Å². The normalized spacial score (nSPS) is 11.9. The van der Waals surface area contributed by atoms with E-state index in [1.807, 2.05) is 109 Å². The second kappa shape index (κ2) is 34.2. The molecule has 0 N–H and O–H groups in total. The van der Waals surface area contributed by atoms with Crippen molar-refractivity contribution in [2.75, 3.05) is 14.7 Å². The Morgan fingerprint density at radius 1 is 0.143 bits per heavy atom. The molecule has 12 heterocycles. The Kier molecular flexibility index (Phi) is 19.9. The molecule has 0 aliphatic rings. The second-order valence-electron chi connectivity index (χ2n) is 38.3. The molecule has 702 valence electrons. The van der Waals surface area contributed by atoms with E-state index in [4.69, 9.17) is 26.5 Å². The number of hydrogen-bond acceptors (Lipinski definition) is 9. The minimum absolute atomic E-state index is 0.817. The van der Waals surface area contributed by atoms with Gasteiger partial charge in [0.25, 0.3) is 0 Å². The lowest BCUT2D eigenvalue weighted by atomic mass is 10.1. The van der Waals surface area contributed by atoms with Crippen LogP contribution in [-0.4, -0.2) is 27.4 Å². The third-order valence-corrected chi connectivity index (χ3v) is 29.8. The number of benzene rings is 18. The minimum atomic E-state index is 0.817. The fourth-order valence-corrected chi connectivity index (χ4v) is 22.6. The summed E-state index contributed by atoms with van der Waals surface area (Å²) in [6, 6.07) is 159. The third-order valence-electron chi connectivity index (χ3n) is 29.8. The summed E-state index contributed by atoms with van der Waals surface area (Å²) >= 11 is 0. The van der Waals surface area contributed by atoms with Gasteiger partial charge in [-0.1, -0.05) is 200 Å². The quantitative estimate of drug-likeness (QED) is 0.0988. The van der Waals surface area contributed by atoms with Crippen LogP contribution in [0.15, 0.2) is 481 Å². The van der Waals surface area contributed by atoms with Crippen molar-refractivity contribution in [2.24, 2.45) is 42.3 Å². The van der Waals surface area contributed by atoms with Gasteiger partial charge in [-0.25, -0.2) is 0 Å². The maximum atomic E-state index is 6.40. The maximum Gasteiger partial charge on any atom is 0.136 e. The fourth-order valence-electron chi connectivity index (χ4n) is 22.6. The van der Waals surface area contributed by atoms with Gasteiger partial charge in [-0.15, -0.1) is 0 Å². The van der Waals surface area contributed by atoms with Gasteiger partial charge in [0, 0.05) is 210 Å². The zero-order chi connectivity index (χ0) is 97.9. The van der Waals surface area contributed by atoms with Crippen LogP contribution in [0.1, 0.15) is 0 Å². The Bertz CT molecular complexity index is 9390. The third kappa shape index (κ3) is 14.3. The first kappa shape index (κ1) is 85.6. The van der Waals surface area contributed by atoms with E-state index in [1.165, 1.54) is 98.5 Å². The van der Waals surface area contributed by atoms with Gasteiger partial charge in [-0.2, -0.15) is 0 Å². The Morgan fingerprint density at radius 2 is 0.333 bits per heavy atom. The van der Waals surface area contributed by atoms with Crippen LogP contribution in [0.2, 0.25) is 0 Å². The van der Waals surface area contributed by atoms with E-state index >= 15 is 0 Å². The summed E-state index contributed by atoms with van der Waals surface area (Å²) in [5.41, 5.74) is 35.7. The molecular weight excluding hydrogens is 1810 g/mol. The van der Waals surface area contributed by atoms with Gasteiger partial charge in [0.15, 0.2) is 0 Å². The highest BCUT2D eigenvalue weighted by molar-refractivity contribution is 6.22. The largest absolute Gasteiger partial charge is 0.456 e. The smallest absolute Gasteiger partial charge is 0.136 e. The number of nitrogens with zero attached hydrogens (tertiary/aromatic N) is 9. The van der Waals surface area contributed by atoms with Gasteiger partial charge in [0.2, 0.25) is 0 Å². The average Bonchev–Trinajstić information content (AvgIpc) is 1.55. The van der Waals surface area contributed by atoms with Crippen LogP contribution in [0.5, 0.6) is 0 Å². The zero-order valence-corrected chi connectivity index (χ0v) is 81.3. The molecular formula is C132H93N9O6. The first-order chi connectivity index (χ1) is 72.3. The minimum Gasteiger partial charge on any atom is -0.456 e. The van der Waals surface area contributed by atoms with Gasteiger partial charge in [-0.05, 0) is 237 Å². The van der Waals surface area contributed by atoms with Gasteiger partial charge >= 0.3 is 0 Å². The first-order valence-corrected chi connectivity index (χ1v) is 49.6. The predicted molar refractivity (Wildman–Crippen MR) is 606 cm³/mol. The molecule has 15 heteroatoms. The summed E-state index contributed by atoms with van der Waals surface area (Å²) in [4.78, 5) is 6.92. The highest BCUT2D eigenvalue weighted by Gasteiger charge is 2.28. The summed E-state index contributed by atoms with van der Waals surface area (Å²) in [7, 11) is 13.2. The number of rotatable bonds is 15. The molecule has 15 nitrogen and oxygen atoms in total. The van der Waals surface area contributed by atoms with Gasteiger partial charge in [0.1, 0.15) is 68.1 Å². The highest BCUT2D eigenvalue weighted by atomic mass is 16.4. The van der Waals surface area contributed by atoms with E-state index in [2.05, 4.69) is 430 Å². The van der Waals surface area contributed by atoms with Crippen molar-refractivity contribution >= 4 is 216 Å². The molecule has 0 saturated carbocycles. The zero-order valence-electron chi connectivity index (χ0n) is 81.3. The van der Waals surface area contributed by atoms with E-state index < -0.39 is 0 Å². The number of fused-ring (bicyclic) bond motifs is 21. The van der Waals surface area contributed by atoms with Crippen LogP contribution >= 0.6 is 0 Å². The number of furan rings is 6. The standard InChI is InChI=1S/C48H39N7.2C42H27NO3/c1-49-37-16-10-7-13-31(37)43-46(49)34-22-19-28(25-40(34)52(43)4)55(29-20-23-35-41(26-29)53(5)44-32-14-8-11-17-38(32)50(2)47(35)44)30-21-24-36-42(27-30)54(6)45-33-15-9-12-18-39(33)51(3)48(36)45;1-4-10-37-31(7-1)25-40(44-37)28-13-19-34(20-14-28)43(35-21-15-29(16-22-35)41-26-32-8-2-5-11-38(32)45-41)36-23-17-30(18-24-36)42-27-33-9-3-6-12-39(33)46-42;1-4-10-28(11-5-1)37-22-31-16-19-34(25-40(31)44-37)43(35-20-17-32-23-38(45-41(32)26-35)29-12-6-2-7-13-29)36-21-18-33-24-39(46-42(33)27-36)30-14-8-3-9-15-30/h7-27H,1-6H3;2*1-27H. The first-order valence-electron chi connectivity index (χ1n) is 49.6. The van der Waals surface area contributed by atoms with Gasteiger partial charge in [0.05, 0.1) is 66.2 Å². The van der Waals surface area contributed by atoms with Crippen molar-refractivity contribution in [1.82, 2.24) is 27.4 Å². The van der Waals surface area contributed by atoms with Crippen molar-refractivity contribution < 1.29 is 26.5 Å². The maximum absolute atomic E-state index is 6.40. The molecule has 18 aromatic carbocycles. The lowest BCUT2D eigenvalue weighted by Gasteiger charge is -2.26. The molecule has 0 unspecified atom stereocenters. The van der Waals surface area contributed by atoms with Gasteiger partial charge in [-0.3, -0.25) is 0 Å². The molecule has 0 amide bonds. The number of para-hydroxylation sites is 6. The second-order valence-corrected chi connectivity index (χ2v) is 38.3. The number of hydrogen-bond donors (Lipinski definition) is 0. The molecule has 0 spiro atoms. The Balaban J connectivity index is 0.000000107. The summed E-state index contributed by atoms with van der Waals surface area (Å²) < 4.78 is 51.8. The summed E-state index contributed by atoms with van der Waals surface area (Å²) in [5, 5.41) is 14.0. The van der Waals surface area contributed by atoms with Crippen molar-refractivity contribution in [2.45, 2.75) is 0 Å². The van der Waals surface area contributed by atoms with Crippen LogP contribution in [0.4, 0.5) is 51.2 Å².